The van der Waals surface area contributed by atoms with Crippen molar-refractivity contribution >= 4 is 6.29 Å². The predicted octanol–water partition coefficient (Wildman–Crippen LogP) is 0.697. The fraction of sp³-hybridized carbons (Fsp3) is 0.875. The van der Waals surface area contributed by atoms with Gasteiger partial charge in [-0.25, -0.2) is 0 Å². The number of carbonyl (C=O) groups is 1. The number of hydrogen-bond acceptors (Lipinski definition) is 1. The zero-order chi connectivity index (χ0) is 5.80. The van der Waals surface area contributed by atoms with Gasteiger partial charge < -0.3 is 4.79 Å². The van der Waals surface area contributed by atoms with Gasteiger partial charge >= 0.3 is 0 Å². The van der Waals surface area contributed by atoms with Gasteiger partial charge in [-0.15, -0.1) is 0 Å². The Balaban J connectivity index is 2.03. The summed E-state index contributed by atoms with van der Waals surface area (Å²) >= 11 is 0. The van der Waals surface area contributed by atoms with Crippen LogP contribution >= 0.6 is 0 Å². The van der Waals surface area contributed by atoms with Crippen molar-refractivity contribution in [2.45, 2.75) is 6.42 Å². The molecule has 5 aliphatic carbocycles. The fourth-order valence-corrected chi connectivity index (χ4v) is 4.27. The smallest absolute Gasteiger partial charge is 0.127 e. The van der Waals surface area contributed by atoms with E-state index >= 15 is 0 Å². The largest absolute Gasteiger partial charge is 0.303 e. The van der Waals surface area contributed by atoms with E-state index < -0.39 is 0 Å². The van der Waals surface area contributed by atoms with Gasteiger partial charge in [0.25, 0.3) is 0 Å². The molecule has 0 saturated heterocycles. The van der Waals surface area contributed by atoms with E-state index in [2.05, 4.69) is 0 Å². The van der Waals surface area contributed by atoms with Crippen LogP contribution in [0.4, 0.5) is 0 Å². The van der Waals surface area contributed by atoms with E-state index in [9.17, 15) is 4.79 Å². The maximum Gasteiger partial charge on any atom is 0.127 e. The minimum atomic E-state index is 0.315. The lowest BCUT2D eigenvalue weighted by Crippen LogP contribution is -2.20. The van der Waals surface area contributed by atoms with Crippen molar-refractivity contribution in [3.8, 4) is 0 Å². The molecule has 0 amide bonds. The first-order valence-corrected chi connectivity index (χ1v) is 3.87. The Bertz CT molecular complexity index is 214. The molecule has 0 aromatic heterocycles. The van der Waals surface area contributed by atoms with Crippen molar-refractivity contribution in [1.82, 2.24) is 0 Å². The first-order valence-electron chi connectivity index (χ1n) is 3.87. The summed E-state index contributed by atoms with van der Waals surface area (Å²) < 4.78 is 0. The molecule has 0 spiro atoms. The van der Waals surface area contributed by atoms with Gasteiger partial charge in [0, 0.05) is 5.41 Å². The maximum atomic E-state index is 10.6. The average molecular weight is 120 g/mol. The van der Waals surface area contributed by atoms with Gasteiger partial charge in [0.1, 0.15) is 6.29 Å². The monoisotopic (exact) mass is 120 g/mol. The molecule has 9 heavy (non-hydrogen) atoms. The third-order valence-electron chi connectivity index (χ3n) is 4.50. The minimum absolute atomic E-state index is 0.315. The summed E-state index contributed by atoms with van der Waals surface area (Å²) in [6.45, 7) is 0. The Morgan fingerprint density at radius 3 is 2.56 bits per heavy atom. The summed E-state index contributed by atoms with van der Waals surface area (Å²) in [5.74, 6) is 4.79. The van der Waals surface area contributed by atoms with Crippen molar-refractivity contribution in [2.75, 3.05) is 0 Å². The lowest BCUT2D eigenvalue weighted by molar-refractivity contribution is -0.115. The molecule has 0 aliphatic heterocycles. The topological polar surface area (TPSA) is 17.1 Å². The lowest BCUT2D eigenvalue weighted by atomic mass is 9.86. The summed E-state index contributed by atoms with van der Waals surface area (Å²) in [5.41, 5.74) is 0.315. The van der Waals surface area contributed by atoms with E-state index in [1.807, 2.05) is 0 Å². The summed E-state index contributed by atoms with van der Waals surface area (Å²) in [5, 5.41) is 0. The highest BCUT2D eigenvalue weighted by atomic mass is 16.1. The van der Waals surface area contributed by atoms with Crippen LogP contribution in [0.3, 0.4) is 0 Å². The van der Waals surface area contributed by atoms with E-state index in [0.717, 1.165) is 29.6 Å². The molecule has 46 valence electrons. The molecule has 5 saturated carbocycles. The Kier molecular flexibility index (Phi) is 0.276. The van der Waals surface area contributed by atoms with Crippen LogP contribution in [-0.4, -0.2) is 6.29 Å². The molecular formula is C8H8O. The van der Waals surface area contributed by atoms with Crippen LogP contribution in [0, 0.1) is 35.0 Å². The first kappa shape index (κ1) is 3.75. The van der Waals surface area contributed by atoms with E-state index in [1.54, 1.807) is 0 Å². The maximum absolute atomic E-state index is 10.6. The van der Waals surface area contributed by atoms with Gasteiger partial charge in [-0.2, -0.15) is 0 Å². The molecule has 0 aromatic carbocycles. The summed E-state index contributed by atoms with van der Waals surface area (Å²) in [6.07, 6.45) is 2.69. The highest BCUT2D eigenvalue weighted by molar-refractivity contribution is 5.75. The lowest BCUT2D eigenvalue weighted by Gasteiger charge is -2.16. The van der Waals surface area contributed by atoms with Crippen molar-refractivity contribution in [1.29, 1.82) is 0 Å². The average Bonchev–Trinajstić information content (AvgIpc) is 2.47. The van der Waals surface area contributed by atoms with Gasteiger partial charge in [-0.05, 0) is 36.0 Å². The second-order valence-electron chi connectivity index (χ2n) is 4.25. The molecule has 0 aromatic rings. The molecule has 5 rings (SSSR count). The normalized spacial score (nSPS) is 85.1. The molecule has 2 bridgehead atoms. The number of carbonyl (C=O) groups excluding carboxylic acids is 1. The van der Waals surface area contributed by atoms with Gasteiger partial charge in [-0.1, -0.05) is 0 Å². The predicted molar refractivity (Wildman–Crippen MR) is 30.6 cm³/mol. The van der Waals surface area contributed by atoms with Crippen LogP contribution in [-0.2, 0) is 4.79 Å². The van der Waals surface area contributed by atoms with E-state index in [0.29, 0.717) is 5.41 Å². The molecule has 0 radical (unpaired) electrons. The Morgan fingerprint density at radius 2 is 2.33 bits per heavy atom. The quantitative estimate of drug-likeness (QED) is 0.465. The fourth-order valence-electron chi connectivity index (χ4n) is 4.27. The minimum Gasteiger partial charge on any atom is -0.303 e. The van der Waals surface area contributed by atoms with Crippen LogP contribution in [0.15, 0.2) is 0 Å². The van der Waals surface area contributed by atoms with Gasteiger partial charge in [0.15, 0.2) is 0 Å². The van der Waals surface area contributed by atoms with Crippen molar-refractivity contribution in [3.63, 3.8) is 0 Å². The van der Waals surface area contributed by atoms with Crippen LogP contribution in [0.5, 0.6) is 0 Å². The van der Waals surface area contributed by atoms with Crippen LogP contribution in [0.1, 0.15) is 6.42 Å². The molecule has 0 N–H and O–H groups in total. The van der Waals surface area contributed by atoms with Gasteiger partial charge in [-0.3, -0.25) is 0 Å². The van der Waals surface area contributed by atoms with Crippen molar-refractivity contribution < 1.29 is 4.79 Å². The highest BCUT2D eigenvalue weighted by Crippen LogP contribution is 2.97. The zero-order valence-electron chi connectivity index (χ0n) is 5.08. The molecule has 1 heteroatoms. The number of aldehydes is 1. The zero-order valence-corrected chi connectivity index (χ0v) is 5.08. The third-order valence-corrected chi connectivity index (χ3v) is 4.50. The SMILES string of the molecule is O=CC12C3CC4C(C41)C32. The molecular weight excluding hydrogens is 112 g/mol. The Hall–Kier alpha value is -0.330. The molecule has 1 nitrogen and oxygen atoms in total. The molecule has 6 atom stereocenters. The van der Waals surface area contributed by atoms with Gasteiger partial charge in [0.2, 0.25) is 0 Å². The highest BCUT2D eigenvalue weighted by Gasteiger charge is 2.96. The van der Waals surface area contributed by atoms with E-state index in [1.165, 1.54) is 12.7 Å². The summed E-state index contributed by atoms with van der Waals surface area (Å²) in [4.78, 5) is 10.6. The number of rotatable bonds is 1. The first-order chi connectivity index (χ1) is 4.41. The second kappa shape index (κ2) is 0.664. The van der Waals surface area contributed by atoms with Gasteiger partial charge in [0.05, 0.1) is 0 Å². The number of hydrogen-bond donors (Lipinski definition) is 0. The second-order valence-corrected chi connectivity index (χ2v) is 4.25. The molecule has 0 heterocycles. The van der Waals surface area contributed by atoms with Crippen LogP contribution < -0.4 is 0 Å². The molecule has 5 fully saturated rings. The van der Waals surface area contributed by atoms with Crippen molar-refractivity contribution in [3.05, 3.63) is 0 Å². The van der Waals surface area contributed by atoms with Crippen LogP contribution in [0.25, 0.3) is 0 Å². The molecule has 6 unspecified atom stereocenters. The summed E-state index contributed by atoms with van der Waals surface area (Å²) in [7, 11) is 0. The Labute approximate surface area is 53.4 Å². The van der Waals surface area contributed by atoms with Crippen molar-refractivity contribution in [2.24, 2.45) is 35.0 Å². The van der Waals surface area contributed by atoms with Crippen LogP contribution in [0.2, 0.25) is 0 Å². The Morgan fingerprint density at radius 1 is 1.44 bits per heavy atom. The van der Waals surface area contributed by atoms with E-state index in [4.69, 9.17) is 0 Å². The van der Waals surface area contributed by atoms with E-state index in [-0.39, 0.29) is 0 Å². The standard InChI is InChI=1S/C8H8O/c9-2-8-4-1-3-5(6(3)8)7(4)8/h2-7H,1H2. The summed E-state index contributed by atoms with van der Waals surface area (Å²) in [6, 6.07) is 0. The molecule has 5 aliphatic rings. The third kappa shape index (κ3) is 0.149.